The highest BCUT2D eigenvalue weighted by Gasteiger charge is 2.47. The number of amides is 1. The summed E-state index contributed by atoms with van der Waals surface area (Å²) in [7, 11) is -4.17. The van der Waals surface area contributed by atoms with Crippen LogP contribution in [0.5, 0.6) is 0 Å². The number of fused-ring (bicyclic) bond motifs is 1. The second-order valence-corrected chi connectivity index (χ2v) is 10.4. The minimum Gasteiger partial charge on any atom is -0.464 e. The van der Waals surface area contributed by atoms with E-state index in [4.69, 9.17) is 36.9 Å². The first-order chi connectivity index (χ1) is 15.9. The average molecular weight is 530 g/mol. The third-order valence-corrected chi connectivity index (χ3v) is 6.21. The fraction of sp³-hybridized carbons (Fsp3) is 0.391. The first-order valence-corrected chi connectivity index (χ1v) is 13.1. The minimum atomic E-state index is -4.17. The Morgan fingerprint density at radius 2 is 1.82 bits per heavy atom. The van der Waals surface area contributed by atoms with Crippen LogP contribution in [-0.2, 0) is 33.4 Å². The van der Waals surface area contributed by atoms with Crippen LogP contribution in [0.2, 0.25) is 10.0 Å². The Hall–Kier alpha value is -2.17. The largest absolute Gasteiger partial charge is 0.464 e. The van der Waals surface area contributed by atoms with Crippen molar-refractivity contribution in [3.05, 3.63) is 63.6 Å². The third-order valence-electron chi connectivity index (χ3n) is 5.07. The van der Waals surface area contributed by atoms with Gasteiger partial charge in [0.05, 0.1) is 18.6 Å². The molecule has 1 heterocycles. The Bertz CT molecular complexity index is 1190. The minimum absolute atomic E-state index is 0.0545. The molecule has 8 nitrogen and oxygen atoms in total. The zero-order valence-electron chi connectivity index (χ0n) is 19.0. The van der Waals surface area contributed by atoms with Gasteiger partial charge in [0.1, 0.15) is 6.10 Å². The summed E-state index contributed by atoms with van der Waals surface area (Å²) in [6.45, 7) is 5.05. The molecule has 0 saturated carbocycles. The molecule has 0 saturated heterocycles. The summed E-state index contributed by atoms with van der Waals surface area (Å²) in [6, 6.07) is 11.4. The predicted molar refractivity (Wildman–Crippen MR) is 129 cm³/mol. The van der Waals surface area contributed by atoms with Gasteiger partial charge in [0.15, 0.2) is 6.10 Å². The molecule has 0 N–H and O–H groups in total. The van der Waals surface area contributed by atoms with Gasteiger partial charge >= 0.3 is 5.97 Å². The molecule has 0 aromatic heterocycles. The molecular weight excluding hydrogens is 505 g/mol. The molecule has 0 bridgehead atoms. The van der Waals surface area contributed by atoms with E-state index in [0.29, 0.717) is 26.9 Å². The third kappa shape index (κ3) is 5.72. The summed E-state index contributed by atoms with van der Waals surface area (Å²) in [6.07, 6.45) is -3.73. The molecule has 11 heteroatoms. The Morgan fingerprint density at radius 1 is 1.15 bits per heavy atom. The molecule has 1 aliphatic heterocycles. The molecule has 3 atom stereocenters. The van der Waals surface area contributed by atoms with Crippen molar-refractivity contribution in [2.45, 2.75) is 45.1 Å². The summed E-state index contributed by atoms with van der Waals surface area (Å²) in [4.78, 5) is 28.0. The monoisotopic (exact) mass is 529 g/mol. The van der Waals surface area contributed by atoms with Gasteiger partial charge in [-0.1, -0.05) is 41.4 Å². The highest BCUT2D eigenvalue weighted by Crippen LogP contribution is 2.42. The number of ether oxygens (including phenoxy) is 2. The van der Waals surface area contributed by atoms with Crippen molar-refractivity contribution >= 4 is 50.9 Å². The van der Waals surface area contributed by atoms with Crippen LogP contribution in [0.3, 0.4) is 0 Å². The molecule has 0 aliphatic carbocycles. The van der Waals surface area contributed by atoms with Gasteiger partial charge in [-0.05, 0) is 45.0 Å². The highest BCUT2D eigenvalue weighted by molar-refractivity contribution is 7.86. The zero-order valence-corrected chi connectivity index (χ0v) is 21.4. The van der Waals surface area contributed by atoms with Gasteiger partial charge in [-0.25, -0.2) is 4.79 Å². The summed E-state index contributed by atoms with van der Waals surface area (Å²) in [5, 5.41) is 0.739. The molecule has 2 aromatic rings. The molecular formula is C23H25Cl2NO7S. The number of hydrogen-bond acceptors (Lipinski definition) is 7. The van der Waals surface area contributed by atoms with Gasteiger partial charge < -0.3 is 14.4 Å². The van der Waals surface area contributed by atoms with Crippen LogP contribution >= 0.6 is 23.2 Å². The number of anilines is 1. The predicted octanol–water partition coefficient (Wildman–Crippen LogP) is 4.13. The van der Waals surface area contributed by atoms with Crippen molar-refractivity contribution in [2.75, 3.05) is 17.8 Å². The summed E-state index contributed by atoms with van der Waals surface area (Å²) < 4.78 is 40.3. The fourth-order valence-corrected chi connectivity index (χ4v) is 4.75. The Balaban J connectivity index is 2.27. The van der Waals surface area contributed by atoms with Gasteiger partial charge in [-0.2, -0.15) is 8.42 Å². The lowest BCUT2D eigenvalue weighted by molar-refractivity contribution is -0.165. The maximum Gasteiger partial charge on any atom is 0.340 e. The number of carbonyl (C=O) groups excluding carboxylic acids is 2. The standard InChI is InChI=1S/C23H25Cl2NO7S/c1-5-31-23(28)21(33-34(4,29)30)20-22(27)26(13(2)3)18-11-10-14(24)12-16(18)19(32-20)15-8-6-7-9-17(15)25/h6-13,19-21H,5H2,1-4H3. The van der Waals surface area contributed by atoms with Crippen molar-refractivity contribution in [1.82, 2.24) is 0 Å². The van der Waals surface area contributed by atoms with Crippen molar-refractivity contribution in [3.63, 3.8) is 0 Å². The SMILES string of the molecule is CCOC(=O)C(OS(C)(=O)=O)C1OC(c2ccccc2Cl)c2cc(Cl)ccc2N(C(C)C)C1=O. The van der Waals surface area contributed by atoms with E-state index in [2.05, 4.69) is 0 Å². The Labute approximate surface area is 208 Å². The molecule has 34 heavy (non-hydrogen) atoms. The van der Waals surface area contributed by atoms with Crippen LogP contribution in [0, 0.1) is 0 Å². The Morgan fingerprint density at radius 3 is 2.41 bits per heavy atom. The Kier molecular flexibility index (Phi) is 8.26. The van der Waals surface area contributed by atoms with Crippen LogP contribution in [0.25, 0.3) is 0 Å². The van der Waals surface area contributed by atoms with Gasteiger partial charge in [0, 0.05) is 27.2 Å². The molecule has 2 aromatic carbocycles. The van der Waals surface area contributed by atoms with Gasteiger partial charge in [-0.3, -0.25) is 8.98 Å². The van der Waals surface area contributed by atoms with E-state index in [1.54, 1.807) is 63.2 Å². The molecule has 3 rings (SSSR count). The lowest BCUT2D eigenvalue weighted by atomic mass is 9.99. The quantitative estimate of drug-likeness (QED) is 0.392. The maximum atomic E-state index is 13.8. The van der Waals surface area contributed by atoms with Crippen LogP contribution in [-0.4, -0.2) is 51.4 Å². The van der Waals surface area contributed by atoms with Crippen molar-refractivity contribution in [2.24, 2.45) is 0 Å². The van der Waals surface area contributed by atoms with Crippen molar-refractivity contribution in [1.29, 1.82) is 0 Å². The van der Waals surface area contributed by atoms with E-state index < -0.39 is 40.3 Å². The first-order valence-electron chi connectivity index (χ1n) is 10.5. The van der Waals surface area contributed by atoms with Crippen molar-refractivity contribution in [3.8, 4) is 0 Å². The second-order valence-electron chi connectivity index (χ2n) is 7.94. The molecule has 0 fully saturated rings. The van der Waals surface area contributed by atoms with Crippen LogP contribution in [0.15, 0.2) is 42.5 Å². The number of benzene rings is 2. The van der Waals surface area contributed by atoms with E-state index in [0.717, 1.165) is 6.26 Å². The van der Waals surface area contributed by atoms with Gasteiger partial charge in [-0.15, -0.1) is 0 Å². The summed E-state index contributed by atoms with van der Waals surface area (Å²) in [5.41, 5.74) is 1.50. The van der Waals surface area contributed by atoms with Gasteiger partial charge in [0.25, 0.3) is 16.0 Å². The summed E-state index contributed by atoms with van der Waals surface area (Å²) in [5.74, 6) is -1.72. The number of nitrogens with zero attached hydrogens (tertiary/aromatic N) is 1. The molecule has 1 aliphatic rings. The van der Waals surface area contributed by atoms with E-state index in [1.807, 2.05) is 0 Å². The average Bonchev–Trinajstić information content (AvgIpc) is 2.86. The van der Waals surface area contributed by atoms with E-state index in [9.17, 15) is 18.0 Å². The molecule has 0 spiro atoms. The number of esters is 1. The van der Waals surface area contributed by atoms with Gasteiger partial charge in [0.2, 0.25) is 6.10 Å². The maximum absolute atomic E-state index is 13.8. The number of rotatable bonds is 7. The van der Waals surface area contributed by atoms with E-state index in [-0.39, 0.29) is 12.6 Å². The number of hydrogen-bond donors (Lipinski definition) is 0. The second kappa shape index (κ2) is 10.6. The first kappa shape index (κ1) is 26.4. The smallest absolute Gasteiger partial charge is 0.340 e. The molecule has 1 amide bonds. The van der Waals surface area contributed by atoms with E-state index >= 15 is 0 Å². The van der Waals surface area contributed by atoms with Crippen molar-refractivity contribution < 1.29 is 31.7 Å². The normalized spacial score (nSPS) is 19.5. The zero-order chi connectivity index (χ0) is 25.2. The topological polar surface area (TPSA) is 99.2 Å². The van der Waals surface area contributed by atoms with Crippen LogP contribution < -0.4 is 4.90 Å². The lowest BCUT2D eigenvalue weighted by Crippen LogP contribution is -2.52. The number of carbonyl (C=O) groups is 2. The highest BCUT2D eigenvalue weighted by atomic mass is 35.5. The fourth-order valence-electron chi connectivity index (χ4n) is 3.78. The summed E-state index contributed by atoms with van der Waals surface area (Å²) >= 11 is 12.8. The number of halogens is 2. The molecule has 0 radical (unpaired) electrons. The lowest BCUT2D eigenvalue weighted by Gasteiger charge is -2.30. The molecule has 3 unspecified atom stereocenters. The van der Waals surface area contributed by atoms with Crippen LogP contribution in [0.4, 0.5) is 5.69 Å². The van der Waals surface area contributed by atoms with Crippen LogP contribution in [0.1, 0.15) is 38.0 Å². The van der Waals surface area contributed by atoms with E-state index in [1.165, 1.54) is 4.90 Å². The molecule has 184 valence electrons.